The van der Waals surface area contributed by atoms with Crippen LogP contribution in [-0.2, 0) is 15.3 Å². The Labute approximate surface area is 186 Å². The Morgan fingerprint density at radius 1 is 1.16 bits per heavy atom. The number of rotatable bonds is 9. The standard InChI is InChI=1S/C23H29FN4O2S/c1-2-25-23(27-10-12-31-14-17-5-3-4-6-18(17)24)26-9-11-28-21(29)19-15-7-8-16(13-15)20(19)22(28)30/h3-8,15-16,19-20H,2,9-14H2,1H3,(H2,25,26,27). The smallest absolute Gasteiger partial charge is 0.233 e. The number of hydrogen-bond acceptors (Lipinski definition) is 4. The van der Waals surface area contributed by atoms with Crippen molar-refractivity contribution in [2.24, 2.45) is 28.7 Å². The normalized spacial score (nSPS) is 26.6. The molecule has 166 valence electrons. The van der Waals surface area contributed by atoms with Gasteiger partial charge in [0.05, 0.1) is 18.4 Å². The lowest BCUT2D eigenvalue weighted by Gasteiger charge is -2.18. The van der Waals surface area contributed by atoms with Crippen molar-refractivity contribution in [2.45, 2.75) is 19.1 Å². The van der Waals surface area contributed by atoms with Gasteiger partial charge in [-0.15, -0.1) is 0 Å². The highest BCUT2D eigenvalue weighted by Gasteiger charge is 2.58. The van der Waals surface area contributed by atoms with Crippen molar-refractivity contribution < 1.29 is 14.0 Å². The van der Waals surface area contributed by atoms with E-state index < -0.39 is 0 Å². The Hall–Kier alpha value is -2.35. The van der Waals surface area contributed by atoms with Crippen LogP contribution in [0.5, 0.6) is 0 Å². The van der Waals surface area contributed by atoms with Crippen LogP contribution in [0.2, 0.25) is 0 Å². The molecule has 2 N–H and O–H groups in total. The van der Waals surface area contributed by atoms with E-state index in [-0.39, 0.29) is 41.3 Å². The van der Waals surface area contributed by atoms with E-state index in [1.165, 1.54) is 11.0 Å². The lowest BCUT2D eigenvalue weighted by molar-refractivity contribution is -0.140. The number of nitrogens with one attached hydrogen (secondary N) is 2. The van der Waals surface area contributed by atoms with Crippen LogP contribution in [0.1, 0.15) is 18.9 Å². The minimum atomic E-state index is -0.174. The third-order valence-electron chi connectivity index (χ3n) is 6.25. The van der Waals surface area contributed by atoms with Crippen molar-refractivity contribution in [1.82, 2.24) is 15.5 Å². The maximum absolute atomic E-state index is 13.7. The van der Waals surface area contributed by atoms with E-state index in [1.807, 2.05) is 13.0 Å². The number of amides is 2. The van der Waals surface area contributed by atoms with Gasteiger partial charge in [0.25, 0.3) is 0 Å². The molecule has 1 heterocycles. The molecule has 2 amide bonds. The average molecular weight is 445 g/mol. The van der Waals surface area contributed by atoms with Gasteiger partial charge in [-0.05, 0) is 36.8 Å². The van der Waals surface area contributed by atoms with Crippen molar-refractivity contribution in [3.05, 3.63) is 47.8 Å². The van der Waals surface area contributed by atoms with Crippen LogP contribution >= 0.6 is 11.8 Å². The Morgan fingerprint density at radius 3 is 2.55 bits per heavy atom. The summed E-state index contributed by atoms with van der Waals surface area (Å²) in [5, 5.41) is 6.40. The van der Waals surface area contributed by atoms with Crippen LogP contribution in [-0.4, -0.2) is 54.6 Å². The Morgan fingerprint density at radius 2 is 1.87 bits per heavy atom. The molecule has 0 spiro atoms. The molecule has 1 saturated heterocycles. The molecule has 3 aliphatic rings. The predicted molar refractivity (Wildman–Crippen MR) is 121 cm³/mol. The topological polar surface area (TPSA) is 73.8 Å². The molecule has 2 aliphatic carbocycles. The van der Waals surface area contributed by atoms with E-state index in [1.54, 1.807) is 23.9 Å². The number of likely N-dealkylation sites (tertiary alicyclic amines) is 1. The average Bonchev–Trinajstić information content (AvgIpc) is 3.44. The van der Waals surface area contributed by atoms with E-state index in [4.69, 9.17) is 0 Å². The van der Waals surface area contributed by atoms with Gasteiger partial charge in [0.1, 0.15) is 5.82 Å². The summed E-state index contributed by atoms with van der Waals surface area (Å²) in [4.78, 5) is 31.5. The highest BCUT2D eigenvalue weighted by Crippen LogP contribution is 2.52. The van der Waals surface area contributed by atoms with Crippen LogP contribution in [0, 0.1) is 29.5 Å². The molecule has 1 aromatic carbocycles. The second-order valence-electron chi connectivity index (χ2n) is 8.16. The molecule has 31 heavy (non-hydrogen) atoms. The second-order valence-corrected chi connectivity index (χ2v) is 9.26. The number of allylic oxidation sites excluding steroid dienone is 2. The molecule has 2 fully saturated rings. The summed E-state index contributed by atoms with van der Waals surface area (Å²) in [5.74, 6) is 2.04. The van der Waals surface area contributed by atoms with Gasteiger partial charge in [-0.25, -0.2) is 4.39 Å². The second kappa shape index (κ2) is 9.85. The summed E-state index contributed by atoms with van der Waals surface area (Å²) >= 11 is 1.63. The summed E-state index contributed by atoms with van der Waals surface area (Å²) in [5.41, 5.74) is 0.704. The number of benzene rings is 1. The summed E-state index contributed by atoms with van der Waals surface area (Å²) in [6, 6.07) is 6.81. The quantitative estimate of drug-likeness (QED) is 0.201. The molecule has 6 nitrogen and oxygen atoms in total. The Bertz CT molecular complexity index is 860. The van der Waals surface area contributed by atoms with Crippen LogP contribution in [0.3, 0.4) is 0 Å². The van der Waals surface area contributed by atoms with Crippen LogP contribution < -0.4 is 10.6 Å². The number of thioether (sulfide) groups is 1. The molecule has 2 bridgehead atoms. The van der Waals surface area contributed by atoms with Crippen molar-refractivity contribution in [2.75, 3.05) is 31.9 Å². The lowest BCUT2D eigenvalue weighted by Crippen LogP contribution is -2.43. The zero-order valence-electron chi connectivity index (χ0n) is 17.7. The first-order valence-corrected chi connectivity index (χ1v) is 12.1. The van der Waals surface area contributed by atoms with Crippen LogP contribution in [0.15, 0.2) is 41.4 Å². The zero-order valence-corrected chi connectivity index (χ0v) is 18.5. The van der Waals surface area contributed by atoms with E-state index >= 15 is 0 Å². The first-order chi connectivity index (χ1) is 15.1. The van der Waals surface area contributed by atoms with E-state index in [0.29, 0.717) is 36.9 Å². The Kier molecular flexibility index (Phi) is 6.95. The van der Waals surface area contributed by atoms with Gasteiger partial charge in [0, 0.05) is 31.1 Å². The summed E-state index contributed by atoms with van der Waals surface area (Å²) in [6.07, 6.45) is 5.17. The zero-order chi connectivity index (χ0) is 21.8. The van der Waals surface area contributed by atoms with Crippen molar-refractivity contribution in [3.8, 4) is 0 Å². The first-order valence-electron chi connectivity index (χ1n) is 11.0. The van der Waals surface area contributed by atoms with Gasteiger partial charge < -0.3 is 10.6 Å². The van der Waals surface area contributed by atoms with Gasteiger partial charge in [-0.3, -0.25) is 19.5 Å². The van der Waals surface area contributed by atoms with Gasteiger partial charge in [-0.1, -0.05) is 30.4 Å². The lowest BCUT2D eigenvalue weighted by atomic mass is 9.85. The number of nitrogens with zero attached hydrogens (tertiary/aromatic N) is 2. The number of carbonyl (C=O) groups excluding carboxylic acids is 2. The summed E-state index contributed by atoms with van der Waals surface area (Å²) < 4.78 is 13.7. The molecule has 0 radical (unpaired) electrons. The van der Waals surface area contributed by atoms with E-state index in [2.05, 4.69) is 27.8 Å². The van der Waals surface area contributed by atoms with Gasteiger partial charge >= 0.3 is 0 Å². The first kappa shape index (κ1) is 21.9. The van der Waals surface area contributed by atoms with Crippen LogP contribution in [0.4, 0.5) is 4.39 Å². The Balaban J connectivity index is 1.21. The summed E-state index contributed by atoms with van der Waals surface area (Å²) in [6.45, 7) is 4.12. The minimum Gasteiger partial charge on any atom is -0.357 e. The van der Waals surface area contributed by atoms with Gasteiger partial charge in [-0.2, -0.15) is 11.8 Å². The minimum absolute atomic E-state index is 0.0138. The molecule has 1 saturated carbocycles. The number of aliphatic imine (C=N–C) groups is 1. The molecule has 1 aliphatic heterocycles. The fourth-order valence-electron chi connectivity index (χ4n) is 4.83. The monoisotopic (exact) mass is 444 g/mol. The number of imide groups is 1. The maximum Gasteiger partial charge on any atom is 0.233 e. The highest BCUT2D eigenvalue weighted by molar-refractivity contribution is 7.98. The molecule has 4 atom stereocenters. The number of fused-ring (bicyclic) bond motifs is 5. The fourth-order valence-corrected chi connectivity index (χ4v) is 5.65. The summed E-state index contributed by atoms with van der Waals surface area (Å²) in [7, 11) is 0. The van der Waals surface area contributed by atoms with E-state index in [0.717, 1.165) is 18.7 Å². The third-order valence-corrected chi connectivity index (χ3v) is 7.24. The van der Waals surface area contributed by atoms with Gasteiger partial charge in [0.15, 0.2) is 5.96 Å². The largest absolute Gasteiger partial charge is 0.357 e. The van der Waals surface area contributed by atoms with Crippen molar-refractivity contribution >= 4 is 29.5 Å². The highest BCUT2D eigenvalue weighted by atomic mass is 32.2. The van der Waals surface area contributed by atoms with Crippen LogP contribution in [0.25, 0.3) is 0 Å². The van der Waals surface area contributed by atoms with Gasteiger partial charge in [0.2, 0.25) is 11.8 Å². The number of guanidine groups is 1. The van der Waals surface area contributed by atoms with Crippen molar-refractivity contribution in [3.63, 3.8) is 0 Å². The molecular weight excluding hydrogens is 415 g/mol. The predicted octanol–water partition coefficient (Wildman–Crippen LogP) is 2.42. The fraction of sp³-hybridized carbons (Fsp3) is 0.522. The molecule has 8 heteroatoms. The van der Waals surface area contributed by atoms with Crippen molar-refractivity contribution in [1.29, 1.82) is 0 Å². The molecule has 0 aromatic heterocycles. The third kappa shape index (κ3) is 4.63. The van der Waals surface area contributed by atoms with E-state index in [9.17, 15) is 14.0 Å². The number of carbonyl (C=O) groups is 2. The number of halogens is 1. The molecular formula is C23H29FN4O2S. The molecule has 1 aromatic rings. The maximum atomic E-state index is 13.7. The molecule has 4 unspecified atom stereocenters. The number of hydrogen-bond donors (Lipinski definition) is 2. The SMILES string of the molecule is CCNC(=NCCSCc1ccccc1F)NCCN1C(=O)C2C3C=CC(C3)C2C1=O. The molecule has 4 rings (SSSR count).